The van der Waals surface area contributed by atoms with Gasteiger partial charge in [0, 0.05) is 57.6 Å². The van der Waals surface area contributed by atoms with Gasteiger partial charge in [0.05, 0.1) is 5.39 Å². The Morgan fingerprint density at radius 2 is 2.21 bits per heavy atom. The van der Waals surface area contributed by atoms with Crippen molar-refractivity contribution >= 4 is 80.0 Å². The molecule has 0 aliphatic carbocycles. The van der Waals surface area contributed by atoms with Gasteiger partial charge in [-0.1, -0.05) is 11.6 Å². The number of nitrogens with zero attached hydrogens (tertiary/aromatic N) is 3. The van der Waals surface area contributed by atoms with Crippen LogP contribution >= 0.6 is 11.6 Å². The Kier molecular flexibility index (Phi) is 4.05. The van der Waals surface area contributed by atoms with Crippen LogP contribution in [0.1, 0.15) is 0 Å². The van der Waals surface area contributed by atoms with Gasteiger partial charge in [0.2, 0.25) is 0 Å². The molecule has 0 aromatic carbocycles. The predicted octanol–water partition coefficient (Wildman–Crippen LogP) is 0.631. The fourth-order valence-electron chi connectivity index (χ4n) is 1.10. The van der Waals surface area contributed by atoms with E-state index in [1.165, 1.54) is 17.1 Å². The summed E-state index contributed by atoms with van der Waals surface area (Å²) in [6.07, 6.45) is 2.79. The molecule has 14 heavy (non-hydrogen) atoms. The summed E-state index contributed by atoms with van der Waals surface area (Å²) in [5.74, 6) is 0. The van der Waals surface area contributed by atoms with E-state index < -0.39 is 6.03 Å². The molecule has 0 atom stereocenters. The van der Waals surface area contributed by atoms with E-state index in [9.17, 15) is 4.79 Å². The van der Waals surface area contributed by atoms with Gasteiger partial charge in [-0.05, 0) is 6.07 Å². The summed E-state index contributed by atoms with van der Waals surface area (Å²) >= 11 is 5.76. The van der Waals surface area contributed by atoms with Crippen molar-refractivity contribution in [3.8, 4) is 0 Å². The molecule has 2 aromatic rings. The third-order valence-electron chi connectivity index (χ3n) is 1.67. The first-order valence-electron chi connectivity index (χ1n) is 3.47. The zero-order valence-electron chi connectivity index (χ0n) is 7.44. The van der Waals surface area contributed by atoms with Crippen molar-refractivity contribution in [3.63, 3.8) is 0 Å². The van der Waals surface area contributed by atoms with Gasteiger partial charge in [-0.2, -0.15) is 0 Å². The summed E-state index contributed by atoms with van der Waals surface area (Å²) in [5, 5.41) is 0.924. The molecular weight excluding hydrogens is 231 g/mol. The number of nitrogens with two attached hydrogens (primary N) is 1. The van der Waals surface area contributed by atoms with E-state index in [1.807, 2.05) is 0 Å². The van der Waals surface area contributed by atoms with Gasteiger partial charge in [0.15, 0.2) is 5.65 Å². The predicted molar refractivity (Wildman–Crippen MR) is 53.3 cm³/mol. The molecule has 5 nitrogen and oxygen atoms in total. The van der Waals surface area contributed by atoms with Gasteiger partial charge < -0.3 is 5.73 Å². The molecule has 0 bridgehead atoms. The van der Waals surface area contributed by atoms with Gasteiger partial charge >= 0.3 is 6.03 Å². The minimum Gasteiger partial charge on any atom is -0.351 e. The summed E-state index contributed by atoms with van der Waals surface area (Å²) in [6, 6.07) is 1.05. The molecule has 2 heterocycles. The van der Waals surface area contributed by atoms with Crippen molar-refractivity contribution in [2.75, 3.05) is 0 Å². The van der Waals surface area contributed by atoms with Crippen molar-refractivity contribution < 1.29 is 4.79 Å². The number of hydrogen-bond acceptors (Lipinski definition) is 3. The summed E-state index contributed by atoms with van der Waals surface area (Å²) in [5.41, 5.74) is 5.52. The molecular formula is C7H5ClKN4O. The second-order valence-corrected chi connectivity index (χ2v) is 2.78. The largest absolute Gasteiger partial charge is 0.351 e. The number of fused-ring (bicyclic) bond motifs is 1. The molecule has 0 saturated carbocycles. The van der Waals surface area contributed by atoms with Crippen molar-refractivity contribution in [1.29, 1.82) is 0 Å². The van der Waals surface area contributed by atoms with Gasteiger partial charge in [0.25, 0.3) is 0 Å². The second-order valence-electron chi connectivity index (χ2n) is 2.43. The average molecular weight is 236 g/mol. The molecule has 1 radical (unpaired) electrons. The van der Waals surface area contributed by atoms with E-state index in [0.717, 1.165) is 0 Å². The molecule has 0 unspecified atom stereocenters. The molecule has 2 N–H and O–H groups in total. The molecule has 2 aromatic heterocycles. The monoisotopic (exact) mass is 235 g/mol. The minimum atomic E-state index is -0.593. The maximum atomic E-state index is 10.9. The first-order valence-corrected chi connectivity index (χ1v) is 3.85. The van der Waals surface area contributed by atoms with E-state index in [2.05, 4.69) is 9.97 Å². The zero-order chi connectivity index (χ0) is 9.42. The van der Waals surface area contributed by atoms with E-state index in [-0.39, 0.29) is 51.4 Å². The van der Waals surface area contributed by atoms with Gasteiger partial charge in [-0.3, -0.25) is 4.57 Å². The van der Waals surface area contributed by atoms with Gasteiger partial charge in [-0.25, -0.2) is 14.8 Å². The van der Waals surface area contributed by atoms with Crippen LogP contribution in [0.3, 0.4) is 0 Å². The van der Waals surface area contributed by atoms with Crippen molar-refractivity contribution in [2.24, 2.45) is 5.73 Å². The Balaban J connectivity index is 0.000000980. The van der Waals surface area contributed by atoms with Crippen LogP contribution < -0.4 is 5.73 Å². The summed E-state index contributed by atoms with van der Waals surface area (Å²) in [4.78, 5) is 18.5. The van der Waals surface area contributed by atoms with Gasteiger partial charge in [-0.15, -0.1) is 0 Å². The Labute approximate surface area is 127 Å². The number of aromatic nitrogens is 3. The fraction of sp³-hybridized carbons (Fsp3) is 0. The standard InChI is InChI=1S/C7H5ClN4O.K/c8-5-4-1-2-12(7(9)13)6(4)11-3-10-5;/h1-3H,(H2,9,13);. The van der Waals surface area contributed by atoms with Crippen LogP contribution in [0, 0.1) is 0 Å². The summed E-state index contributed by atoms with van der Waals surface area (Å²) < 4.78 is 1.21. The minimum absolute atomic E-state index is 0. The number of carbonyl (C=O) groups excluding carboxylic acids is 1. The number of carbonyl (C=O) groups is 1. The maximum absolute atomic E-state index is 10.9. The molecule has 0 aliphatic rings. The molecule has 0 saturated heterocycles. The van der Waals surface area contributed by atoms with E-state index in [4.69, 9.17) is 17.3 Å². The first kappa shape index (κ1) is 12.1. The Hall–Kier alpha value is 0.0164. The van der Waals surface area contributed by atoms with Gasteiger partial charge in [0.1, 0.15) is 11.5 Å². The molecule has 7 heteroatoms. The number of amides is 1. The molecule has 67 valence electrons. The second kappa shape index (κ2) is 4.69. The normalized spacial score (nSPS) is 9.79. The molecule has 2 rings (SSSR count). The third kappa shape index (κ3) is 2.00. The number of halogens is 1. The van der Waals surface area contributed by atoms with Crippen molar-refractivity contribution in [2.45, 2.75) is 0 Å². The first-order chi connectivity index (χ1) is 6.20. The number of rotatable bonds is 0. The van der Waals surface area contributed by atoms with Crippen LogP contribution in [-0.4, -0.2) is 72.0 Å². The van der Waals surface area contributed by atoms with Crippen LogP contribution in [0.5, 0.6) is 0 Å². The van der Waals surface area contributed by atoms with Crippen LogP contribution in [-0.2, 0) is 0 Å². The van der Waals surface area contributed by atoms with Crippen LogP contribution in [0.4, 0.5) is 4.79 Å². The summed E-state index contributed by atoms with van der Waals surface area (Å²) in [7, 11) is 0. The third-order valence-corrected chi connectivity index (χ3v) is 1.97. The molecule has 1 amide bonds. The topological polar surface area (TPSA) is 73.8 Å². The van der Waals surface area contributed by atoms with E-state index in [0.29, 0.717) is 16.2 Å². The molecule has 0 aliphatic heterocycles. The Bertz CT molecular complexity index is 483. The maximum Gasteiger partial charge on any atom is 0.324 e. The van der Waals surface area contributed by atoms with Crippen molar-refractivity contribution in [3.05, 3.63) is 23.7 Å². The van der Waals surface area contributed by atoms with Crippen molar-refractivity contribution in [1.82, 2.24) is 14.5 Å². The Morgan fingerprint density at radius 1 is 1.50 bits per heavy atom. The SMILES string of the molecule is NC(=O)n1ccc2c(Cl)ncnc21.[K]. The number of hydrogen-bond donors (Lipinski definition) is 1. The summed E-state index contributed by atoms with van der Waals surface area (Å²) in [6.45, 7) is 0. The quantitative estimate of drug-likeness (QED) is 0.538. The smallest absolute Gasteiger partial charge is 0.324 e. The van der Waals surface area contributed by atoms with Crippen LogP contribution in [0.15, 0.2) is 18.6 Å². The average Bonchev–Trinajstić information content (AvgIpc) is 2.48. The van der Waals surface area contributed by atoms with E-state index in [1.54, 1.807) is 6.07 Å². The van der Waals surface area contributed by atoms with Crippen LogP contribution in [0.25, 0.3) is 11.0 Å². The fourth-order valence-corrected chi connectivity index (χ4v) is 1.29. The van der Waals surface area contributed by atoms with E-state index >= 15 is 0 Å². The zero-order valence-corrected chi connectivity index (χ0v) is 11.3. The molecule has 0 fully saturated rings. The molecule has 0 spiro atoms. The Morgan fingerprint density at radius 3 is 2.86 bits per heavy atom. The number of primary amides is 1. The van der Waals surface area contributed by atoms with Crippen LogP contribution in [0.2, 0.25) is 5.15 Å².